The maximum Gasteiger partial charge on any atom is 0.356 e. The summed E-state index contributed by atoms with van der Waals surface area (Å²) < 4.78 is 0. The standard InChI is InChI=1S/C8H9N3O2.2ClH/c12-8(13)7-3-5-4-9-2-1-6(5)10-11-7;;/h3,9H,1-2,4H2,(H,12,13);2*1H. The lowest BCUT2D eigenvalue weighted by atomic mass is 10.1. The smallest absolute Gasteiger partial charge is 0.356 e. The van der Waals surface area contributed by atoms with Gasteiger partial charge < -0.3 is 10.4 Å². The van der Waals surface area contributed by atoms with Gasteiger partial charge in [0.1, 0.15) is 0 Å². The first kappa shape index (κ1) is 14.1. The summed E-state index contributed by atoms with van der Waals surface area (Å²) in [5, 5.41) is 19.3. The highest BCUT2D eigenvalue weighted by molar-refractivity contribution is 5.86. The van der Waals surface area contributed by atoms with E-state index in [1.807, 2.05) is 0 Å². The zero-order valence-electron chi connectivity index (χ0n) is 7.77. The Labute approximate surface area is 99.1 Å². The van der Waals surface area contributed by atoms with E-state index in [-0.39, 0.29) is 30.5 Å². The second kappa shape index (κ2) is 5.85. The zero-order chi connectivity index (χ0) is 9.26. The van der Waals surface area contributed by atoms with E-state index < -0.39 is 5.97 Å². The Morgan fingerprint density at radius 3 is 2.80 bits per heavy atom. The van der Waals surface area contributed by atoms with Gasteiger partial charge in [0.25, 0.3) is 0 Å². The van der Waals surface area contributed by atoms with Crippen LogP contribution in [0.4, 0.5) is 0 Å². The van der Waals surface area contributed by atoms with Crippen LogP contribution in [0, 0.1) is 0 Å². The maximum absolute atomic E-state index is 10.6. The van der Waals surface area contributed by atoms with Crippen LogP contribution in [0.5, 0.6) is 0 Å². The summed E-state index contributed by atoms with van der Waals surface area (Å²) in [6.45, 7) is 1.57. The Balaban J connectivity index is 0.000000980. The van der Waals surface area contributed by atoms with Gasteiger partial charge >= 0.3 is 5.97 Å². The summed E-state index contributed by atoms with van der Waals surface area (Å²) in [6.07, 6.45) is 0.822. The number of rotatable bonds is 1. The number of hydrogen-bond donors (Lipinski definition) is 2. The molecule has 0 atom stereocenters. The van der Waals surface area contributed by atoms with Crippen molar-refractivity contribution in [3.63, 3.8) is 0 Å². The lowest BCUT2D eigenvalue weighted by Gasteiger charge is -2.14. The van der Waals surface area contributed by atoms with Gasteiger partial charge in [-0.25, -0.2) is 4.79 Å². The molecule has 84 valence electrons. The minimum atomic E-state index is -1.03. The topological polar surface area (TPSA) is 75.1 Å². The van der Waals surface area contributed by atoms with Gasteiger partial charge in [-0.3, -0.25) is 0 Å². The van der Waals surface area contributed by atoms with Crippen LogP contribution in [0.25, 0.3) is 0 Å². The minimum Gasteiger partial charge on any atom is -0.476 e. The average Bonchev–Trinajstić information content (AvgIpc) is 2.17. The van der Waals surface area contributed by atoms with Crippen molar-refractivity contribution >= 4 is 30.8 Å². The molecule has 0 bridgehead atoms. The van der Waals surface area contributed by atoms with E-state index in [9.17, 15) is 4.79 Å². The number of carbonyl (C=O) groups is 1. The Bertz CT molecular complexity index is 360. The Morgan fingerprint density at radius 2 is 2.13 bits per heavy atom. The Morgan fingerprint density at radius 1 is 1.40 bits per heavy atom. The summed E-state index contributed by atoms with van der Waals surface area (Å²) in [5.74, 6) is -1.03. The highest BCUT2D eigenvalue weighted by Gasteiger charge is 2.13. The van der Waals surface area contributed by atoms with Gasteiger partial charge in [-0.15, -0.1) is 29.9 Å². The van der Waals surface area contributed by atoms with Crippen molar-refractivity contribution < 1.29 is 9.90 Å². The first-order valence-electron chi connectivity index (χ1n) is 4.07. The monoisotopic (exact) mass is 251 g/mol. The molecule has 0 unspecified atom stereocenters. The molecule has 0 spiro atoms. The van der Waals surface area contributed by atoms with Crippen LogP contribution in [0.3, 0.4) is 0 Å². The molecule has 2 rings (SSSR count). The predicted molar refractivity (Wildman–Crippen MR) is 58.9 cm³/mol. The molecule has 5 nitrogen and oxygen atoms in total. The fourth-order valence-electron chi connectivity index (χ4n) is 1.35. The van der Waals surface area contributed by atoms with Crippen LogP contribution < -0.4 is 5.32 Å². The van der Waals surface area contributed by atoms with E-state index in [1.54, 1.807) is 6.07 Å². The van der Waals surface area contributed by atoms with Crippen molar-refractivity contribution in [3.8, 4) is 0 Å². The lowest BCUT2D eigenvalue weighted by molar-refractivity contribution is 0.0689. The third-order valence-corrected chi connectivity index (χ3v) is 2.03. The largest absolute Gasteiger partial charge is 0.476 e. The molecule has 0 saturated carbocycles. The Hall–Kier alpha value is -0.910. The fraction of sp³-hybridized carbons (Fsp3) is 0.375. The zero-order valence-corrected chi connectivity index (χ0v) is 9.40. The number of carboxylic acids is 1. The molecule has 0 saturated heterocycles. The van der Waals surface area contributed by atoms with Gasteiger partial charge in [-0.05, 0) is 11.6 Å². The molecule has 0 radical (unpaired) electrons. The summed E-state index contributed by atoms with van der Waals surface area (Å²) >= 11 is 0. The SMILES string of the molecule is Cl.Cl.O=C(O)c1cc2c(nn1)CCNC2. The quantitative estimate of drug-likeness (QED) is 0.768. The predicted octanol–water partition coefficient (Wildman–Crippen LogP) is 0.664. The van der Waals surface area contributed by atoms with Crippen LogP contribution in [-0.2, 0) is 13.0 Å². The number of halogens is 2. The number of carboxylic acid groups (broad SMARTS) is 1. The van der Waals surface area contributed by atoms with Gasteiger partial charge in [0.05, 0.1) is 5.69 Å². The van der Waals surface area contributed by atoms with E-state index in [2.05, 4.69) is 15.5 Å². The van der Waals surface area contributed by atoms with Crippen LogP contribution in [0.1, 0.15) is 21.7 Å². The van der Waals surface area contributed by atoms with Crippen molar-refractivity contribution in [2.45, 2.75) is 13.0 Å². The molecule has 0 aliphatic carbocycles. The highest BCUT2D eigenvalue weighted by atomic mass is 35.5. The van der Waals surface area contributed by atoms with Crippen LogP contribution >= 0.6 is 24.8 Å². The maximum atomic E-state index is 10.6. The molecule has 0 fully saturated rings. The van der Waals surface area contributed by atoms with Crippen LogP contribution in [0.15, 0.2) is 6.07 Å². The first-order chi connectivity index (χ1) is 6.27. The van der Waals surface area contributed by atoms with Gasteiger partial charge in [-0.1, -0.05) is 0 Å². The number of fused-ring (bicyclic) bond motifs is 1. The van der Waals surface area contributed by atoms with E-state index in [1.165, 1.54) is 0 Å². The molecular weight excluding hydrogens is 241 g/mol. The molecule has 1 aromatic rings. The number of aromatic nitrogens is 2. The van der Waals surface area contributed by atoms with Gasteiger partial charge in [0.15, 0.2) is 5.69 Å². The number of nitrogens with one attached hydrogen (secondary N) is 1. The van der Waals surface area contributed by atoms with Crippen LogP contribution in [-0.4, -0.2) is 27.8 Å². The summed E-state index contributed by atoms with van der Waals surface area (Å²) in [5.41, 5.74) is 1.87. The van der Waals surface area contributed by atoms with E-state index in [0.29, 0.717) is 6.54 Å². The van der Waals surface area contributed by atoms with Crippen molar-refractivity contribution in [2.24, 2.45) is 0 Å². The molecular formula is C8H11Cl2N3O2. The van der Waals surface area contributed by atoms with Gasteiger partial charge in [0, 0.05) is 19.5 Å². The fourth-order valence-corrected chi connectivity index (χ4v) is 1.35. The number of nitrogens with zero attached hydrogens (tertiary/aromatic N) is 2. The lowest BCUT2D eigenvalue weighted by Crippen LogP contribution is -2.25. The molecule has 15 heavy (non-hydrogen) atoms. The van der Waals surface area contributed by atoms with Crippen molar-refractivity contribution in [1.29, 1.82) is 0 Å². The molecule has 0 aromatic carbocycles. The van der Waals surface area contributed by atoms with E-state index >= 15 is 0 Å². The molecule has 1 aliphatic rings. The van der Waals surface area contributed by atoms with E-state index in [0.717, 1.165) is 24.2 Å². The van der Waals surface area contributed by atoms with Gasteiger partial charge in [0.2, 0.25) is 0 Å². The van der Waals surface area contributed by atoms with Gasteiger partial charge in [-0.2, -0.15) is 5.10 Å². The van der Waals surface area contributed by atoms with Crippen molar-refractivity contribution in [1.82, 2.24) is 15.5 Å². The van der Waals surface area contributed by atoms with Crippen molar-refractivity contribution in [3.05, 3.63) is 23.0 Å². The second-order valence-electron chi connectivity index (χ2n) is 2.93. The third-order valence-electron chi connectivity index (χ3n) is 2.03. The highest BCUT2D eigenvalue weighted by Crippen LogP contribution is 2.10. The third kappa shape index (κ3) is 3.02. The average molecular weight is 252 g/mol. The van der Waals surface area contributed by atoms with E-state index in [4.69, 9.17) is 5.11 Å². The van der Waals surface area contributed by atoms with Crippen molar-refractivity contribution in [2.75, 3.05) is 6.54 Å². The molecule has 1 aliphatic heterocycles. The minimum absolute atomic E-state index is 0. The summed E-state index contributed by atoms with van der Waals surface area (Å²) in [7, 11) is 0. The molecule has 0 amide bonds. The summed E-state index contributed by atoms with van der Waals surface area (Å²) in [4.78, 5) is 10.6. The first-order valence-corrected chi connectivity index (χ1v) is 4.07. The molecule has 1 aromatic heterocycles. The molecule has 2 heterocycles. The normalized spacial score (nSPS) is 13.1. The second-order valence-corrected chi connectivity index (χ2v) is 2.93. The molecule has 7 heteroatoms. The summed E-state index contributed by atoms with van der Waals surface area (Å²) in [6, 6.07) is 1.58. The number of aromatic carboxylic acids is 1. The molecule has 2 N–H and O–H groups in total. The number of hydrogen-bond acceptors (Lipinski definition) is 4. The van der Waals surface area contributed by atoms with Crippen LogP contribution in [0.2, 0.25) is 0 Å². The Kier molecular flexibility index (Phi) is 5.49.